The van der Waals surface area contributed by atoms with Gasteiger partial charge in [0.05, 0.1) is 12.3 Å². The van der Waals surface area contributed by atoms with Gasteiger partial charge in [-0.2, -0.15) is 0 Å². The highest BCUT2D eigenvalue weighted by atomic mass is 32.2. The zero-order valence-electron chi connectivity index (χ0n) is 12.0. The van der Waals surface area contributed by atoms with Crippen LogP contribution in [0.2, 0.25) is 0 Å². The maximum Gasteiger partial charge on any atom is 0.244 e. The molecule has 6 heteroatoms. The fourth-order valence-corrected chi connectivity index (χ4v) is 3.92. The van der Waals surface area contributed by atoms with E-state index < -0.39 is 10.0 Å². The number of hydrogen-bond donors (Lipinski definition) is 1. The highest BCUT2D eigenvalue weighted by Crippen LogP contribution is 2.25. The Kier molecular flexibility index (Phi) is 5.01. The van der Waals surface area contributed by atoms with E-state index in [1.807, 2.05) is 6.07 Å². The van der Waals surface area contributed by atoms with Gasteiger partial charge in [0.2, 0.25) is 10.0 Å². The third-order valence-electron chi connectivity index (χ3n) is 3.61. The van der Waals surface area contributed by atoms with Gasteiger partial charge < -0.3 is 10.1 Å². The highest BCUT2D eigenvalue weighted by molar-refractivity contribution is 7.89. The second kappa shape index (κ2) is 6.56. The predicted octanol–water partition coefficient (Wildman–Crippen LogP) is 1.78. The Bertz CT molecular complexity index is 539. The van der Waals surface area contributed by atoms with Crippen LogP contribution >= 0.6 is 0 Å². The zero-order valence-corrected chi connectivity index (χ0v) is 12.8. The van der Waals surface area contributed by atoms with E-state index in [1.54, 1.807) is 32.3 Å². The van der Waals surface area contributed by atoms with Crippen molar-refractivity contribution < 1.29 is 13.2 Å². The molecule has 112 valence electrons. The Morgan fingerprint density at radius 3 is 2.80 bits per heavy atom. The molecule has 1 saturated heterocycles. The fraction of sp³-hybridized carbons (Fsp3) is 0.571. The first-order valence-electron chi connectivity index (χ1n) is 6.86. The molecule has 2 rings (SSSR count). The van der Waals surface area contributed by atoms with E-state index in [0.717, 1.165) is 19.4 Å². The van der Waals surface area contributed by atoms with E-state index in [1.165, 1.54) is 4.31 Å². The second-order valence-corrected chi connectivity index (χ2v) is 7.13. The second-order valence-electron chi connectivity index (χ2n) is 5.11. The lowest BCUT2D eigenvalue weighted by molar-refractivity contribution is 0.0495. The van der Waals surface area contributed by atoms with E-state index in [0.29, 0.717) is 23.7 Å². The number of ether oxygens (including phenoxy) is 1. The van der Waals surface area contributed by atoms with Crippen molar-refractivity contribution >= 4 is 15.7 Å². The van der Waals surface area contributed by atoms with Gasteiger partial charge in [-0.25, -0.2) is 12.7 Å². The molecule has 0 saturated carbocycles. The zero-order chi connectivity index (χ0) is 14.6. The first kappa shape index (κ1) is 15.3. The normalized spacial score (nSPS) is 20.1. The molecule has 1 unspecified atom stereocenters. The summed E-state index contributed by atoms with van der Waals surface area (Å²) in [5.74, 6) is 0.283. The summed E-state index contributed by atoms with van der Waals surface area (Å²) in [7, 11) is -0.105. The smallest absolute Gasteiger partial charge is 0.244 e. The molecule has 0 bridgehead atoms. The van der Waals surface area contributed by atoms with Gasteiger partial charge in [-0.1, -0.05) is 12.1 Å². The number of rotatable bonds is 5. The molecule has 0 radical (unpaired) electrons. The molecule has 0 aliphatic carbocycles. The lowest BCUT2D eigenvalue weighted by atomic mass is 10.0. The highest BCUT2D eigenvalue weighted by Gasteiger charge is 2.26. The average molecular weight is 298 g/mol. The number of nitrogens with one attached hydrogen (secondary N) is 1. The third kappa shape index (κ3) is 3.31. The van der Waals surface area contributed by atoms with Crippen LogP contribution in [0.3, 0.4) is 0 Å². The maximum absolute atomic E-state index is 12.6. The topological polar surface area (TPSA) is 58.6 Å². The quantitative estimate of drug-likeness (QED) is 0.900. The van der Waals surface area contributed by atoms with Crippen LogP contribution in [0.5, 0.6) is 0 Å². The number of sulfonamides is 1. The number of nitrogens with zero attached hydrogens (tertiary/aromatic N) is 1. The van der Waals surface area contributed by atoms with E-state index >= 15 is 0 Å². The summed E-state index contributed by atoms with van der Waals surface area (Å²) in [5, 5.41) is 2.93. The van der Waals surface area contributed by atoms with Crippen LogP contribution in [0.1, 0.15) is 12.8 Å². The molecule has 20 heavy (non-hydrogen) atoms. The Morgan fingerprint density at radius 1 is 1.40 bits per heavy atom. The Morgan fingerprint density at radius 2 is 2.15 bits per heavy atom. The molecule has 1 aromatic carbocycles. The standard InChI is InChI=1S/C14H22N2O3S/c1-15-13-7-3-4-8-14(13)20(17,18)16(2)10-12-6-5-9-19-11-12/h3-4,7-8,12,15H,5-6,9-11H2,1-2H3. The SMILES string of the molecule is CNc1ccccc1S(=O)(=O)N(C)CC1CCCOC1. The Labute approximate surface area is 121 Å². The minimum Gasteiger partial charge on any atom is -0.387 e. The molecule has 0 aromatic heterocycles. The van der Waals surface area contributed by atoms with Gasteiger partial charge in [-0.05, 0) is 30.9 Å². The predicted molar refractivity (Wildman–Crippen MR) is 79.3 cm³/mol. The molecular weight excluding hydrogens is 276 g/mol. The van der Waals surface area contributed by atoms with Crippen molar-refractivity contribution in [3.63, 3.8) is 0 Å². The molecule has 1 atom stereocenters. The Balaban J connectivity index is 2.16. The number of para-hydroxylation sites is 1. The fourth-order valence-electron chi connectivity index (χ4n) is 2.48. The third-order valence-corrected chi connectivity index (χ3v) is 5.50. The number of hydrogen-bond acceptors (Lipinski definition) is 4. The molecule has 0 spiro atoms. The van der Waals surface area contributed by atoms with Crippen LogP contribution in [0, 0.1) is 5.92 Å². The Hall–Kier alpha value is -1.11. The van der Waals surface area contributed by atoms with Crippen molar-refractivity contribution in [3.05, 3.63) is 24.3 Å². The molecule has 1 aliphatic rings. The summed E-state index contributed by atoms with van der Waals surface area (Å²) in [5.41, 5.74) is 0.624. The first-order chi connectivity index (χ1) is 9.55. The lowest BCUT2D eigenvalue weighted by Gasteiger charge is -2.27. The van der Waals surface area contributed by atoms with Crippen molar-refractivity contribution in [1.29, 1.82) is 0 Å². The summed E-state index contributed by atoms with van der Waals surface area (Å²) < 4.78 is 32.1. The summed E-state index contributed by atoms with van der Waals surface area (Å²) >= 11 is 0. The van der Waals surface area contributed by atoms with Gasteiger partial charge in [0.15, 0.2) is 0 Å². The van der Waals surface area contributed by atoms with Gasteiger partial charge in [0.25, 0.3) is 0 Å². The van der Waals surface area contributed by atoms with Crippen molar-refractivity contribution in [3.8, 4) is 0 Å². The molecule has 5 nitrogen and oxygen atoms in total. The number of benzene rings is 1. The van der Waals surface area contributed by atoms with Crippen LogP contribution in [0.4, 0.5) is 5.69 Å². The van der Waals surface area contributed by atoms with Gasteiger partial charge in [-0.3, -0.25) is 0 Å². The minimum atomic E-state index is -3.47. The van der Waals surface area contributed by atoms with Gasteiger partial charge in [-0.15, -0.1) is 0 Å². The summed E-state index contributed by atoms with van der Waals surface area (Å²) in [4.78, 5) is 0.321. The van der Waals surface area contributed by atoms with Crippen molar-refractivity contribution in [2.45, 2.75) is 17.7 Å². The number of anilines is 1. The summed E-state index contributed by atoms with van der Waals surface area (Å²) in [6.45, 7) is 1.93. The van der Waals surface area contributed by atoms with Crippen LogP contribution in [0.15, 0.2) is 29.2 Å². The van der Waals surface area contributed by atoms with Crippen LogP contribution in [-0.4, -0.2) is 46.6 Å². The molecule has 1 N–H and O–H groups in total. The molecular formula is C14H22N2O3S. The van der Waals surface area contributed by atoms with Gasteiger partial charge >= 0.3 is 0 Å². The van der Waals surface area contributed by atoms with Crippen molar-refractivity contribution in [2.75, 3.05) is 39.2 Å². The maximum atomic E-state index is 12.6. The molecule has 1 fully saturated rings. The lowest BCUT2D eigenvalue weighted by Crippen LogP contribution is -2.35. The minimum absolute atomic E-state index is 0.283. The molecule has 0 amide bonds. The van der Waals surface area contributed by atoms with E-state index in [-0.39, 0.29) is 5.92 Å². The molecule has 1 aliphatic heterocycles. The van der Waals surface area contributed by atoms with Gasteiger partial charge in [0, 0.05) is 27.2 Å². The first-order valence-corrected chi connectivity index (χ1v) is 8.30. The summed E-state index contributed by atoms with van der Waals surface area (Å²) in [6.07, 6.45) is 2.03. The molecule has 1 heterocycles. The monoisotopic (exact) mass is 298 g/mol. The molecule has 1 aromatic rings. The van der Waals surface area contributed by atoms with Gasteiger partial charge in [0.1, 0.15) is 4.90 Å². The summed E-state index contributed by atoms with van der Waals surface area (Å²) in [6, 6.07) is 6.96. The largest absolute Gasteiger partial charge is 0.387 e. The van der Waals surface area contributed by atoms with Crippen molar-refractivity contribution in [1.82, 2.24) is 4.31 Å². The van der Waals surface area contributed by atoms with Crippen molar-refractivity contribution in [2.24, 2.45) is 5.92 Å². The van der Waals surface area contributed by atoms with E-state index in [4.69, 9.17) is 4.74 Å². The van der Waals surface area contributed by atoms with Crippen LogP contribution < -0.4 is 5.32 Å². The van der Waals surface area contributed by atoms with E-state index in [9.17, 15) is 8.42 Å². The van der Waals surface area contributed by atoms with Crippen LogP contribution in [0.25, 0.3) is 0 Å². The average Bonchev–Trinajstić information content (AvgIpc) is 2.48. The van der Waals surface area contributed by atoms with Crippen LogP contribution in [-0.2, 0) is 14.8 Å². The van der Waals surface area contributed by atoms with E-state index in [2.05, 4.69) is 5.32 Å².